The summed E-state index contributed by atoms with van der Waals surface area (Å²) in [7, 11) is 0. The van der Waals surface area contributed by atoms with Crippen LogP contribution in [0.4, 0.5) is 0 Å². The van der Waals surface area contributed by atoms with Gasteiger partial charge < -0.3 is 5.73 Å². The second-order valence-corrected chi connectivity index (χ2v) is 4.40. The number of aromatic nitrogens is 3. The van der Waals surface area contributed by atoms with Crippen LogP contribution in [0.5, 0.6) is 0 Å². The van der Waals surface area contributed by atoms with Gasteiger partial charge in [-0.3, -0.25) is 5.41 Å². The van der Waals surface area contributed by atoms with Crippen LogP contribution in [-0.4, -0.2) is 20.8 Å². The third-order valence-electron chi connectivity index (χ3n) is 1.84. The van der Waals surface area contributed by atoms with Crippen molar-refractivity contribution in [1.29, 1.82) is 5.41 Å². The van der Waals surface area contributed by atoms with E-state index in [1.165, 1.54) is 24.2 Å². The minimum atomic E-state index is -0.132. The van der Waals surface area contributed by atoms with Crippen LogP contribution in [0.1, 0.15) is 5.69 Å². The van der Waals surface area contributed by atoms with Crippen LogP contribution < -0.4 is 5.73 Å². The van der Waals surface area contributed by atoms with Crippen LogP contribution in [0.15, 0.2) is 40.8 Å². The molecule has 2 heterocycles. The van der Waals surface area contributed by atoms with Crippen molar-refractivity contribution in [3.05, 3.63) is 41.4 Å². The summed E-state index contributed by atoms with van der Waals surface area (Å²) in [6, 6.07) is 3.48. The van der Waals surface area contributed by atoms with Gasteiger partial charge in [-0.2, -0.15) is 0 Å². The van der Waals surface area contributed by atoms with E-state index in [1.807, 2.05) is 0 Å². The second kappa shape index (κ2) is 5.11. The molecule has 2 aromatic rings. The molecule has 0 radical (unpaired) electrons. The highest BCUT2D eigenvalue weighted by molar-refractivity contribution is 7.99. The lowest BCUT2D eigenvalue weighted by Gasteiger charge is -2.05. The monoisotopic (exact) mass is 265 g/mol. The third-order valence-corrected chi connectivity index (χ3v) is 3.27. The predicted octanol–water partition coefficient (Wildman–Crippen LogP) is 1.96. The van der Waals surface area contributed by atoms with E-state index >= 15 is 0 Å². The molecular weight excluding hydrogens is 258 g/mol. The summed E-state index contributed by atoms with van der Waals surface area (Å²) in [6.07, 6.45) is 4.66. The standard InChI is InChI=1S/C10H8ClN5S/c11-6-2-1-3-15-9(6)17-10-7(8(12)13)14-4-5-16-10/h1-5H,(H3,12,13). The van der Waals surface area contributed by atoms with Gasteiger partial charge in [0.05, 0.1) is 5.02 Å². The molecule has 0 spiro atoms. The zero-order chi connectivity index (χ0) is 12.3. The van der Waals surface area contributed by atoms with Crippen molar-refractivity contribution in [2.24, 2.45) is 5.73 Å². The molecule has 0 aliphatic rings. The maximum absolute atomic E-state index is 7.40. The molecule has 0 saturated carbocycles. The Morgan fingerprint density at radius 1 is 1.18 bits per heavy atom. The van der Waals surface area contributed by atoms with Gasteiger partial charge in [0.15, 0.2) is 0 Å². The van der Waals surface area contributed by atoms with Crippen molar-refractivity contribution < 1.29 is 0 Å². The molecule has 0 amide bonds. The number of hydrogen-bond donors (Lipinski definition) is 2. The summed E-state index contributed by atoms with van der Waals surface area (Å²) in [6.45, 7) is 0. The van der Waals surface area contributed by atoms with Gasteiger partial charge in [-0.15, -0.1) is 0 Å². The zero-order valence-electron chi connectivity index (χ0n) is 8.59. The van der Waals surface area contributed by atoms with E-state index in [1.54, 1.807) is 18.3 Å². The van der Waals surface area contributed by atoms with Crippen LogP contribution in [0, 0.1) is 5.41 Å². The molecule has 7 heteroatoms. The lowest BCUT2D eigenvalue weighted by atomic mass is 10.4. The topological polar surface area (TPSA) is 88.5 Å². The van der Waals surface area contributed by atoms with Crippen molar-refractivity contribution >= 4 is 29.2 Å². The van der Waals surface area contributed by atoms with Gasteiger partial charge in [-0.25, -0.2) is 15.0 Å². The van der Waals surface area contributed by atoms with E-state index in [0.717, 1.165) is 0 Å². The molecular formula is C10H8ClN5S. The number of amidine groups is 1. The normalized spacial score (nSPS) is 10.2. The SMILES string of the molecule is N=C(N)c1nccnc1Sc1ncccc1Cl. The van der Waals surface area contributed by atoms with Crippen molar-refractivity contribution in [3.8, 4) is 0 Å². The first kappa shape index (κ1) is 11.8. The van der Waals surface area contributed by atoms with Crippen LogP contribution in [-0.2, 0) is 0 Å². The maximum atomic E-state index is 7.40. The minimum absolute atomic E-state index is 0.132. The summed E-state index contributed by atoms with van der Waals surface area (Å²) < 4.78 is 0. The summed E-state index contributed by atoms with van der Waals surface area (Å²) in [5, 5.41) is 9.05. The molecule has 2 aromatic heterocycles. The summed E-state index contributed by atoms with van der Waals surface area (Å²) in [4.78, 5) is 12.2. The third kappa shape index (κ3) is 2.72. The highest BCUT2D eigenvalue weighted by atomic mass is 35.5. The lowest BCUT2D eigenvalue weighted by molar-refractivity contribution is 1.02. The smallest absolute Gasteiger partial charge is 0.144 e. The molecule has 0 bridgehead atoms. The largest absolute Gasteiger partial charge is 0.382 e. The Kier molecular flexibility index (Phi) is 3.55. The number of pyridine rings is 1. The number of nitrogens with zero attached hydrogens (tertiary/aromatic N) is 3. The highest BCUT2D eigenvalue weighted by Gasteiger charge is 2.12. The van der Waals surface area contributed by atoms with E-state index in [4.69, 9.17) is 22.7 Å². The molecule has 2 rings (SSSR count). The Hall–Kier alpha value is -1.66. The number of rotatable bonds is 3. The molecule has 0 aromatic carbocycles. The van der Waals surface area contributed by atoms with Gasteiger partial charge in [0.25, 0.3) is 0 Å². The van der Waals surface area contributed by atoms with Crippen LogP contribution in [0.25, 0.3) is 0 Å². The highest BCUT2D eigenvalue weighted by Crippen LogP contribution is 2.30. The first-order valence-electron chi connectivity index (χ1n) is 4.62. The molecule has 0 unspecified atom stereocenters. The van der Waals surface area contributed by atoms with Gasteiger partial charge in [0.1, 0.15) is 21.6 Å². The van der Waals surface area contributed by atoms with Gasteiger partial charge in [0, 0.05) is 18.6 Å². The Labute approximate surface area is 107 Å². The first-order valence-corrected chi connectivity index (χ1v) is 5.81. The minimum Gasteiger partial charge on any atom is -0.382 e. The fourth-order valence-corrected chi connectivity index (χ4v) is 2.19. The predicted molar refractivity (Wildman–Crippen MR) is 66.4 cm³/mol. The summed E-state index contributed by atoms with van der Waals surface area (Å²) in [5.41, 5.74) is 5.75. The maximum Gasteiger partial charge on any atom is 0.144 e. The van der Waals surface area contributed by atoms with Gasteiger partial charge in [-0.1, -0.05) is 11.6 Å². The zero-order valence-corrected chi connectivity index (χ0v) is 10.2. The summed E-state index contributed by atoms with van der Waals surface area (Å²) in [5.74, 6) is -0.132. The van der Waals surface area contributed by atoms with E-state index in [2.05, 4.69) is 15.0 Å². The van der Waals surface area contributed by atoms with Crippen LogP contribution in [0.3, 0.4) is 0 Å². The first-order chi connectivity index (χ1) is 8.18. The molecule has 3 N–H and O–H groups in total. The Morgan fingerprint density at radius 2 is 1.88 bits per heavy atom. The molecule has 0 aliphatic carbocycles. The summed E-state index contributed by atoms with van der Waals surface area (Å²) >= 11 is 7.22. The number of halogens is 1. The average Bonchev–Trinajstić information content (AvgIpc) is 2.32. The Bertz CT molecular complexity index is 560. The second-order valence-electron chi connectivity index (χ2n) is 3.02. The fraction of sp³-hybridized carbons (Fsp3) is 0. The van der Waals surface area contributed by atoms with E-state index in [9.17, 15) is 0 Å². The molecule has 0 fully saturated rings. The van der Waals surface area contributed by atoms with Crippen molar-refractivity contribution in [2.75, 3.05) is 0 Å². The van der Waals surface area contributed by atoms with Gasteiger partial charge in [0.2, 0.25) is 0 Å². The Morgan fingerprint density at radius 3 is 2.59 bits per heavy atom. The van der Waals surface area contributed by atoms with Crippen molar-refractivity contribution in [2.45, 2.75) is 10.1 Å². The number of nitrogens with one attached hydrogen (secondary N) is 1. The lowest BCUT2D eigenvalue weighted by Crippen LogP contribution is -2.15. The van der Waals surface area contributed by atoms with E-state index in [-0.39, 0.29) is 5.84 Å². The molecule has 0 atom stereocenters. The van der Waals surface area contributed by atoms with Crippen molar-refractivity contribution in [3.63, 3.8) is 0 Å². The number of nitrogen functional groups attached to an aromatic ring is 1. The van der Waals surface area contributed by atoms with Gasteiger partial charge in [-0.05, 0) is 23.9 Å². The molecule has 17 heavy (non-hydrogen) atoms. The van der Waals surface area contributed by atoms with E-state index < -0.39 is 0 Å². The van der Waals surface area contributed by atoms with Crippen LogP contribution >= 0.6 is 23.4 Å². The fourth-order valence-electron chi connectivity index (χ4n) is 1.12. The molecule has 86 valence electrons. The molecule has 5 nitrogen and oxygen atoms in total. The van der Waals surface area contributed by atoms with E-state index in [0.29, 0.717) is 20.8 Å². The Balaban J connectivity index is 2.37. The quantitative estimate of drug-likeness (QED) is 0.654. The number of nitrogens with two attached hydrogens (primary N) is 1. The van der Waals surface area contributed by atoms with Crippen LogP contribution in [0.2, 0.25) is 5.02 Å². The average molecular weight is 266 g/mol. The van der Waals surface area contributed by atoms with Crippen molar-refractivity contribution in [1.82, 2.24) is 15.0 Å². The number of hydrogen-bond acceptors (Lipinski definition) is 5. The molecule has 0 saturated heterocycles. The molecule has 0 aliphatic heterocycles. The van der Waals surface area contributed by atoms with Gasteiger partial charge >= 0.3 is 0 Å².